The monoisotopic (exact) mass is 274 g/mol. The molecule has 1 fully saturated rings. The van der Waals surface area contributed by atoms with Crippen molar-refractivity contribution in [2.24, 2.45) is 11.3 Å². The van der Waals surface area contributed by atoms with E-state index < -0.39 is 0 Å². The summed E-state index contributed by atoms with van der Waals surface area (Å²) in [5, 5.41) is 0. The number of hydrogen-bond donors (Lipinski definition) is 0. The maximum Gasteiger partial charge on any atom is 0.151 e. The van der Waals surface area contributed by atoms with Crippen molar-refractivity contribution in [3.05, 3.63) is 23.4 Å². The Bertz CT molecular complexity index is 476. The van der Waals surface area contributed by atoms with E-state index in [0.717, 1.165) is 36.7 Å². The highest BCUT2D eigenvalue weighted by Gasteiger charge is 2.27. The van der Waals surface area contributed by atoms with Gasteiger partial charge in [-0.25, -0.2) is 4.98 Å². The third-order valence-corrected chi connectivity index (χ3v) is 4.46. The summed E-state index contributed by atoms with van der Waals surface area (Å²) in [5.41, 5.74) is 2.15. The molecule has 0 aliphatic carbocycles. The quantitative estimate of drug-likeness (QED) is 0.768. The van der Waals surface area contributed by atoms with Gasteiger partial charge in [-0.1, -0.05) is 20.8 Å². The average molecular weight is 274 g/mol. The SMILES string of the molecule is Cc1cc(C=O)cnc1N1CCCC(C(C)(C)C)CC1. The fourth-order valence-electron chi connectivity index (χ4n) is 3.16. The standard InChI is InChI=1S/C17H26N2O/c1-13-10-14(12-20)11-18-16(13)19-8-5-6-15(7-9-19)17(2,3)4/h10-12,15H,5-9H2,1-4H3. The van der Waals surface area contributed by atoms with E-state index >= 15 is 0 Å². The van der Waals surface area contributed by atoms with Crippen LogP contribution in [-0.2, 0) is 0 Å². The van der Waals surface area contributed by atoms with Crippen LogP contribution in [-0.4, -0.2) is 24.4 Å². The van der Waals surface area contributed by atoms with Gasteiger partial charge in [0.15, 0.2) is 6.29 Å². The average Bonchev–Trinajstić information content (AvgIpc) is 2.63. The topological polar surface area (TPSA) is 33.2 Å². The minimum atomic E-state index is 0.389. The van der Waals surface area contributed by atoms with Crippen LogP contribution < -0.4 is 4.90 Å². The molecule has 0 radical (unpaired) electrons. The molecule has 3 nitrogen and oxygen atoms in total. The molecule has 0 bridgehead atoms. The number of anilines is 1. The number of aromatic nitrogens is 1. The normalized spacial score (nSPS) is 20.6. The molecule has 0 spiro atoms. The van der Waals surface area contributed by atoms with Crippen molar-refractivity contribution in [1.29, 1.82) is 0 Å². The van der Waals surface area contributed by atoms with E-state index in [0.29, 0.717) is 11.0 Å². The molecule has 1 atom stereocenters. The van der Waals surface area contributed by atoms with Gasteiger partial charge in [0.05, 0.1) is 0 Å². The summed E-state index contributed by atoms with van der Waals surface area (Å²) in [5.74, 6) is 1.83. The Morgan fingerprint density at radius 3 is 2.65 bits per heavy atom. The maximum absolute atomic E-state index is 10.8. The van der Waals surface area contributed by atoms with Gasteiger partial charge in [-0.15, -0.1) is 0 Å². The van der Waals surface area contributed by atoms with E-state index in [2.05, 4.69) is 30.7 Å². The summed E-state index contributed by atoms with van der Waals surface area (Å²) >= 11 is 0. The van der Waals surface area contributed by atoms with Crippen LogP contribution in [0.25, 0.3) is 0 Å². The van der Waals surface area contributed by atoms with Crippen molar-refractivity contribution < 1.29 is 4.79 Å². The van der Waals surface area contributed by atoms with Gasteiger partial charge in [-0.2, -0.15) is 0 Å². The molecule has 1 aliphatic rings. The van der Waals surface area contributed by atoms with E-state index in [-0.39, 0.29) is 0 Å². The number of aldehydes is 1. The Morgan fingerprint density at radius 1 is 1.30 bits per heavy atom. The smallest absolute Gasteiger partial charge is 0.151 e. The van der Waals surface area contributed by atoms with Crippen LogP contribution in [0.1, 0.15) is 56.0 Å². The lowest BCUT2D eigenvalue weighted by Gasteiger charge is -2.30. The van der Waals surface area contributed by atoms with Gasteiger partial charge in [-0.05, 0) is 49.1 Å². The molecule has 1 aliphatic heterocycles. The van der Waals surface area contributed by atoms with Crippen LogP contribution in [0, 0.1) is 18.3 Å². The van der Waals surface area contributed by atoms with E-state index in [9.17, 15) is 4.79 Å². The molecule has 2 rings (SSSR count). The minimum Gasteiger partial charge on any atom is -0.356 e. The Morgan fingerprint density at radius 2 is 2.05 bits per heavy atom. The molecule has 1 saturated heterocycles. The van der Waals surface area contributed by atoms with Crippen molar-refractivity contribution in [1.82, 2.24) is 4.98 Å². The van der Waals surface area contributed by atoms with Gasteiger partial charge >= 0.3 is 0 Å². The first-order valence-electron chi connectivity index (χ1n) is 7.58. The van der Waals surface area contributed by atoms with E-state index in [1.807, 2.05) is 13.0 Å². The van der Waals surface area contributed by atoms with E-state index in [4.69, 9.17) is 0 Å². The van der Waals surface area contributed by atoms with E-state index in [1.165, 1.54) is 19.3 Å². The van der Waals surface area contributed by atoms with Crippen LogP contribution in [0.3, 0.4) is 0 Å². The zero-order chi connectivity index (χ0) is 14.8. The second-order valence-electron chi connectivity index (χ2n) is 7.01. The first kappa shape index (κ1) is 15.0. The Balaban J connectivity index is 2.13. The van der Waals surface area contributed by atoms with Gasteiger partial charge in [-0.3, -0.25) is 4.79 Å². The summed E-state index contributed by atoms with van der Waals surface area (Å²) in [6.07, 6.45) is 6.29. The fraction of sp³-hybridized carbons (Fsp3) is 0.647. The maximum atomic E-state index is 10.8. The molecule has 0 saturated carbocycles. The Kier molecular flexibility index (Phi) is 4.46. The Labute approximate surface area is 122 Å². The largest absolute Gasteiger partial charge is 0.356 e. The molecule has 110 valence electrons. The first-order chi connectivity index (χ1) is 9.41. The molecule has 0 N–H and O–H groups in total. The second kappa shape index (κ2) is 5.94. The number of nitrogens with zero attached hydrogens (tertiary/aromatic N) is 2. The lowest BCUT2D eigenvalue weighted by atomic mass is 9.77. The number of aryl methyl sites for hydroxylation is 1. The minimum absolute atomic E-state index is 0.389. The van der Waals surface area contributed by atoms with Crippen molar-refractivity contribution >= 4 is 12.1 Å². The van der Waals surface area contributed by atoms with Crippen LogP contribution in [0.15, 0.2) is 12.3 Å². The highest BCUT2D eigenvalue weighted by Crippen LogP contribution is 2.35. The first-order valence-corrected chi connectivity index (χ1v) is 7.58. The van der Waals surface area contributed by atoms with Crippen LogP contribution in [0.2, 0.25) is 0 Å². The molecule has 0 amide bonds. The van der Waals surface area contributed by atoms with Gasteiger partial charge in [0.25, 0.3) is 0 Å². The zero-order valence-electron chi connectivity index (χ0n) is 13.1. The molecule has 3 heteroatoms. The number of carbonyl (C=O) groups is 1. The third kappa shape index (κ3) is 3.38. The van der Waals surface area contributed by atoms with Crippen LogP contribution >= 0.6 is 0 Å². The molecule has 1 aromatic rings. The molecule has 2 heterocycles. The molecule has 1 unspecified atom stereocenters. The second-order valence-corrected chi connectivity index (χ2v) is 7.01. The zero-order valence-corrected chi connectivity index (χ0v) is 13.1. The predicted octanol–water partition coefficient (Wildman–Crippen LogP) is 3.86. The van der Waals surface area contributed by atoms with Gasteiger partial charge in [0.2, 0.25) is 0 Å². The Hall–Kier alpha value is -1.38. The lowest BCUT2D eigenvalue weighted by molar-refractivity contribution is 0.112. The molecule has 1 aromatic heterocycles. The summed E-state index contributed by atoms with van der Waals surface area (Å²) in [6, 6.07) is 1.93. The molecule has 0 aromatic carbocycles. The van der Waals surface area contributed by atoms with Crippen molar-refractivity contribution in [3.63, 3.8) is 0 Å². The molecular weight excluding hydrogens is 248 g/mol. The van der Waals surface area contributed by atoms with Crippen molar-refractivity contribution in [3.8, 4) is 0 Å². The van der Waals surface area contributed by atoms with E-state index in [1.54, 1.807) is 6.20 Å². The summed E-state index contributed by atoms with van der Waals surface area (Å²) in [6.45, 7) is 11.2. The number of rotatable bonds is 2. The highest BCUT2D eigenvalue weighted by molar-refractivity contribution is 5.75. The van der Waals surface area contributed by atoms with Gasteiger partial charge in [0, 0.05) is 24.8 Å². The van der Waals surface area contributed by atoms with Gasteiger partial charge < -0.3 is 4.90 Å². The number of hydrogen-bond acceptors (Lipinski definition) is 3. The highest BCUT2D eigenvalue weighted by atomic mass is 16.1. The molecular formula is C17H26N2O. The summed E-state index contributed by atoms with van der Waals surface area (Å²) in [7, 11) is 0. The third-order valence-electron chi connectivity index (χ3n) is 4.46. The number of carbonyl (C=O) groups excluding carboxylic acids is 1. The lowest BCUT2D eigenvalue weighted by Crippen LogP contribution is -2.27. The van der Waals surface area contributed by atoms with Gasteiger partial charge in [0.1, 0.15) is 5.82 Å². The summed E-state index contributed by atoms with van der Waals surface area (Å²) in [4.78, 5) is 17.7. The van der Waals surface area contributed by atoms with Crippen molar-refractivity contribution in [2.45, 2.75) is 47.0 Å². The van der Waals surface area contributed by atoms with Crippen LogP contribution in [0.5, 0.6) is 0 Å². The fourth-order valence-corrected chi connectivity index (χ4v) is 3.16. The number of pyridine rings is 1. The predicted molar refractivity (Wildman–Crippen MR) is 83.4 cm³/mol. The summed E-state index contributed by atoms with van der Waals surface area (Å²) < 4.78 is 0. The van der Waals surface area contributed by atoms with Crippen LogP contribution in [0.4, 0.5) is 5.82 Å². The molecule has 20 heavy (non-hydrogen) atoms. The van der Waals surface area contributed by atoms with Crippen molar-refractivity contribution in [2.75, 3.05) is 18.0 Å².